The van der Waals surface area contributed by atoms with Crippen molar-refractivity contribution in [2.75, 3.05) is 13.7 Å². The van der Waals surface area contributed by atoms with Gasteiger partial charge in [0.2, 0.25) is 0 Å². The number of epoxide rings is 2. The SMILES string of the molecule is CO[C@@H]1[C@H](O)CC[C@]2(CO2)[C@@]1(O)[C@]1(C)O[C@@H]1CC=C(C)C. The predicted octanol–water partition coefficient (Wildman–Crippen LogP) is 1.17. The molecule has 2 aliphatic heterocycles. The minimum Gasteiger partial charge on any atom is -0.390 e. The summed E-state index contributed by atoms with van der Waals surface area (Å²) in [6.07, 6.45) is 2.63. The van der Waals surface area contributed by atoms with Crippen LogP contribution in [-0.4, -0.2) is 59.0 Å². The van der Waals surface area contributed by atoms with Crippen molar-refractivity contribution >= 4 is 0 Å². The lowest BCUT2D eigenvalue weighted by Gasteiger charge is -2.48. The second-order valence-electron chi connectivity index (χ2n) is 7.04. The minimum atomic E-state index is -1.31. The van der Waals surface area contributed by atoms with Crippen LogP contribution in [0.15, 0.2) is 11.6 Å². The van der Waals surface area contributed by atoms with Crippen LogP contribution in [-0.2, 0) is 14.2 Å². The summed E-state index contributed by atoms with van der Waals surface area (Å²) in [4.78, 5) is 0. The highest BCUT2D eigenvalue weighted by atomic mass is 16.7. The molecule has 3 aliphatic rings. The van der Waals surface area contributed by atoms with Crippen molar-refractivity contribution < 1.29 is 24.4 Å². The van der Waals surface area contributed by atoms with Crippen LogP contribution < -0.4 is 0 Å². The third-order valence-corrected chi connectivity index (χ3v) is 5.49. The van der Waals surface area contributed by atoms with Crippen LogP contribution in [0.3, 0.4) is 0 Å². The highest BCUT2D eigenvalue weighted by Crippen LogP contribution is 2.61. The topological polar surface area (TPSA) is 74.8 Å². The Kier molecular flexibility index (Phi) is 3.50. The van der Waals surface area contributed by atoms with Gasteiger partial charge in [-0.3, -0.25) is 0 Å². The third kappa shape index (κ3) is 2.02. The third-order valence-electron chi connectivity index (χ3n) is 5.49. The Balaban J connectivity index is 1.88. The van der Waals surface area contributed by atoms with E-state index in [1.54, 1.807) is 0 Å². The lowest BCUT2D eigenvalue weighted by molar-refractivity contribution is -0.224. The van der Waals surface area contributed by atoms with E-state index in [0.717, 1.165) is 6.42 Å². The molecule has 0 bridgehead atoms. The molecule has 3 fully saturated rings. The van der Waals surface area contributed by atoms with Gasteiger partial charge in [0.1, 0.15) is 17.3 Å². The molecule has 5 nitrogen and oxygen atoms in total. The summed E-state index contributed by atoms with van der Waals surface area (Å²) in [7, 11) is 1.52. The van der Waals surface area contributed by atoms with Crippen LogP contribution in [0.2, 0.25) is 0 Å². The number of methoxy groups -OCH3 is 1. The van der Waals surface area contributed by atoms with Gasteiger partial charge in [-0.15, -0.1) is 0 Å². The van der Waals surface area contributed by atoms with Crippen molar-refractivity contribution in [3.8, 4) is 0 Å². The summed E-state index contributed by atoms with van der Waals surface area (Å²) in [6, 6.07) is 0. The normalized spacial score (nSPS) is 51.8. The van der Waals surface area contributed by atoms with Crippen molar-refractivity contribution in [2.24, 2.45) is 0 Å². The average Bonchev–Trinajstić information content (AvgIpc) is 3.31. The Hall–Kier alpha value is -0.460. The molecule has 1 saturated carbocycles. The van der Waals surface area contributed by atoms with Crippen LogP contribution in [0, 0.1) is 0 Å². The van der Waals surface area contributed by atoms with Gasteiger partial charge in [-0.2, -0.15) is 0 Å². The van der Waals surface area contributed by atoms with Gasteiger partial charge in [0.15, 0.2) is 5.60 Å². The maximum atomic E-state index is 11.5. The molecule has 3 rings (SSSR count). The van der Waals surface area contributed by atoms with Crippen molar-refractivity contribution in [1.29, 1.82) is 0 Å². The van der Waals surface area contributed by atoms with Gasteiger partial charge < -0.3 is 24.4 Å². The summed E-state index contributed by atoms with van der Waals surface area (Å²) in [5, 5.41) is 21.7. The first-order valence-electron chi connectivity index (χ1n) is 7.69. The second kappa shape index (κ2) is 4.77. The second-order valence-corrected chi connectivity index (χ2v) is 7.04. The number of aliphatic hydroxyl groups is 2. The highest BCUT2D eigenvalue weighted by Gasteiger charge is 2.81. The van der Waals surface area contributed by atoms with Gasteiger partial charge in [-0.25, -0.2) is 0 Å². The van der Waals surface area contributed by atoms with Gasteiger partial charge in [0.25, 0.3) is 0 Å². The molecule has 2 N–H and O–H groups in total. The molecule has 0 aromatic heterocycles. The van der Waals surface area contributed by atoms with E-state index < -0.39 is 29.0 Å². The molecule has 5 heteroatoms. The molecule has 120 valence electrons. The van der Waals surface area contributed by atoms with Crippen molar-refractivity contribution in [3.05, 3.63) is 11.6 Å². The molecule has 0 radical (unpaired) electrons. The zero-order chi connectivity index (χ0) is 15.5. The monoisotopic (exact) mass is 298 g/mol. The standard InChI is InChI=1S/C16H26O5/c1-10(2)5-6-12-14(3,21-12)16(18)13(19-4)11(17)7-8-15(16)9-20-15/h5,11-13,17-18H,6-9H2,1-4H3/t11-,12-,13-,14-,15+,16+/m1/s1. The fraction of sp³-hybridized carbons (Fsp3) is 0.875. The van der Waals surface area contributed by atoms with Gasteiger partial charge in [-0.05, 0) is 40.0 Å². The molecule has 0 aromatic carbocycles. The lowest BCUT2D eigenvalue weighted by Crippen LogP contribution is -2.70. The largest absolute Gasteiger partial charge is 0.390 e. The minimum absolute atomic E-state index is 0.0681. The van der Waals surface area contributed by atoms with E-state index in [0.29, 0.717) is 19.4 Å². The van der Waals surface area contributed by atoms with E-state index in [1.165, 1.54) is 12.7 Å². The Bertz CT molecular complexity index is 454. The van der Waals surface area contributed by atoms with E-state index in [1.807, 2.05) is 20.8 Å². The Morgan fingerprint density at radius 2 is 2.10 bits per heavy atom. The van der Waals surface area contributed by atoms with Crippen LogP contribution in [0.5, 0.6) is 0 Å². The van der Waals surface area contributed by atoms with E-state index in [4.69, 9.17) is 14.2 Å². The van der Waals surface area contributed by atoms with E-state index >= 15 is 0 Å². The number of hydrogen-bond donors (Lipinski definition) is 2. The predicted molar refractivity (Wildman–Crippen MR) is 77.0 cm³/mol. The van der Waals surface area contributed by atoms with Crippen LogP contribution in [0.25, 0.3) is 0 Å². The van der Waals surface area contributed by atoms with Gasteiger partial charge in [0.05, 0.1) is 18.8 Å². The maximum absolute atomic E-state index is 11.5. The Labute approximate surface area is 125 Å². The van der Waals surface area contributed by atoms with Crippen LogP contribution in [0.4, 0.5) is 0 Å². The van der Waals surface area contributed by atoms with Crippen molar-refractivity contribution in [3.63, 3.8) is 0 Å². The fourth-order valence-corrected chi connectivity index (χ4v) is 3.99. The molecule has 1 spiro atoms. The quantitative estimate of drug-likeness (QED) is 0.602. The smallest absolute Gasteiger partial charge is 0.155 e. The molecule has 21 heavy (non-hydrogen) atoms. The summed E-state index contributed by atoms with van der Waals surface area (Å²) in [6.45, 7) is 6.50. The Morgan fingerprint density at radius 1 is 1.43 bits per heavy atom. The molecule has 0 amide bonds. The molecule has 6 atom stereocenters. The number of aliphatic hydroxyl groups excluding tert-OH is 1. The van der Waals surface area contributed by atoms with E-state index in [9.17, 15) is 10.2 Å². The summed E-state index contributed by atoms with van der Waals surface area (Å²) in [5.41, 5.74) is -1.45. The zero-order valence-electron chi connectivity index (χ0n) is 13.3. The lowest BCUT2D eigenvalue weighted by atomic mass is 9.64. The molecule has 0 unspecified atom stereocenters. The summed E-state index contributed by atoms with van der Waals surface area (Å²) in [5.74, 6) is 0. The first-order valence-corrected chi connectivity index (χ1v) is 7.69. The van der Waals surface area contributed by atoms with Crippen molar-refractivity contribution in [1.82, 2.24) is 0 Å². The van der Waals surface area contributed by atoms with Gasteiger partial charge >= 0.3 is 0 Å². The molecule has 2 heterocycles. The number of rotatable bonds is 4. The first kappa shape index (κ1) is 15.4. The van der Waals surface area contributed by atoms with E-state index in [2.05, 4.69) is 6.08 Å². The summed E-state index contributed by atoms with van der Waals surface area (Å²) < 4.78 is 17.0. The summed E-state index contributed by atoms with van der Waals surface area (Å²) >= 11 is 0. The molecule has 0 aromatic rings. The number of ether oxygens (including phenoxy) is 3. The van der Waals surface area contributed by atoms with Crippen LogP contribution in [0.1, 0.15) is 40.0 Å². The fourth-order valence-electron chi connectivity index (χ4n) is 3.99. The molecule has 2 saturated heterocycles. The number of hydrogen-bond acceptors (Lipinski definition) is 5. The first-order chi connectivity index (χ1) is 9.81. The Morgan fingerprint density at radius 3 is 2.62 bits per heavy atom. The van der Waals surface area contributed by atoms with Crippen molar-refractivity contribution in [2.45, 2.75) is 75.1 Å². The maximum Gasteiger partial charge on any atom is 0.155 e. The molecular formula is C16H26O5. The van der Waals surface area contributed by atoms with Crippen LogP contribution >= 0.6 is 0 Å². The van der Waals surface area contributed by atoms with Gasteiger partial charge in [0, 0.05) is 7.11 Å². The molecule has 1 aliphatic carbocycles. The highest BCUT2D eigenvalue weighted by molar-refractivity contribution is 5.30. The average molecular weight is 298 g/mol. The zero-order valence-corrected chi connectivity index (χ0v) is 13.3. The number of allylic oxidation sites excluding steroid dienone is 1. The van der Waals surface area contributed by atoms with E-state index in [-0.39, 0.29) is 6.10 Å². The van der Waals surface area contributed by atoms with Gasteiger partial charge in [-0.1, -0.05) is 11.6 Å². The molecular weight excluding hydrogens is 272 g/mol.